The van der Waals surface area contributed by atoms with Crippen LogP contribution in [0.15, 0.2) is 30.3 Å². The van der Waals surface area contributed by atoms with E-state index in [1.165, 1.54) is 5.56 Å². The Morgan fingerprint density at radius 1 is 1.40 bits per heavy atom. The summed E-state index contributed by atoms with van der Waals surface area (Å²) in [4.78, 5) is 14.5. The summed E-state index contributed by atoms with van der Waals surface area (Å²) in [6.07, 6.45) is 0. The fraction of sp³-hybridized carbons (Fsp3) is 0.562. The molecule has 2 aliphatic rings. The monoisotopic (exact) mass is 275 g/mol. The molecule has 1 aromatic rings. The van der Waals surface area contributed by atoms with Gasteiger partial charge in [0.25, 0.3) is 0 Å². The average Bonchev–Trinajstić information content (AvgIpc) is 2.80. The molecule has 0 aliphatic carbocycles. The molecule has 2 fully saturated rings. The van der Waals surface area contributed by atoms with E-state index in [1.807, 2.05) is 13.0 Å². The van der Waals surface area contributed by atoms with Gasteiger partial charge in [-0.1, -0.05) is 30.3 Å². The molecule has 2 aliphatic heterocycles. The third-order valence-corrected chi connectivity index (χ3v) is 4.32. The highest BCUT2D eigenvalue weighted by Gasteiger charge is 2.55. The number of hydrogen-bond donors (Lipinski definition) is 0. The van der Waals surface area contributed by atoms with E-state index in [2.05, 4.69) is 29.2 Å². The van der Waals surface area contributed by atoms with Crippen LogP contribution in [0.3, 0.4) is 0 Å². The lowest BCUT2D eigenvalue weighted by Crippen LogP contribution is -2.51. The first-order valence-electron chi connectivity index (χ1n) is 7.24. The zero-order chi connectivity index (χ0) is 14.0. The van der Waals surface area contributed by atoms with Crippen LogP contribution in [-0.2, 0) is 20.8 Å². The zero-order valence-corrected chi connectivity index (χ0v) is 11.9. The number of ether oxygens (including phenoxy) is 2. The van der Waals surface area contributed by atoms with Crippen molar-refractivity contribution in [2.45, 2.75) is 13.5 Å². The first-order chi connectivity index (χ1) is 9.73. The second-order valence-corrected chi connectivity index (χ2v) is 5.82. The lowest BCUT2D eigenvalue weighted by molar-refractivity contribution is -0.169. The van der Waals surface area contributed by atoms with Crippen LogP contribution in [0.2, 0.25) is 0 Å². The van der Waals surface area contributed by atoms with Crippen LogP contribution in [0, 0.1) is 11.3 Å². The van der Waals surface area contributed by atoms with Gasteiger partial charge in [-0.3, -0.25) is 9.69 Å². The van der Waals surface area contributed by atoms with Gasteiger partial charge in [-0.15, -0.1) is 0 Å². The van der Waals surface area contributed by atoms with Crippen molar-refractivity contribution in [2.24, 2.45) is 11.3 Å². The number of rotatable bonds is 4. The molecule has 0 radical (unpaired) electrons. The van der Waals surface area contributed by atoms with Gasteiger partial charge in [0.2, 0.25) is 0 Å². The van der Waals surface area contributed by atoms with Gasteiger partial charge in [-0.2, -0.15) is 0 Å². The Morgan fingerprint density at radius 2 is 2.15 bits per heavy atom. The van der Waals surface area contributed by atoms with Crippen molar-refractivity contribution in [3.8, 4) is 0 Å². The Kier molecular flexibility index (Phi) is 3.76. The van der Waals surface area contributed by atoms with Crippen LogP contribution < -0.4 is 0 Å². The van der Waals surface area contributed by atoms with Gasteiger partial charge in [-0.05, 0) is 12.5 Å². The van der Waals surface area contributed by atoms with Crippen molar-refractivity contribution in [2.75, 3.05) is 32.9 Å². The summed E-state index contributed by atoms with van der Waals surface area (Å²) >= 11 is 0. The standard InChI is InChI=1S/C16H21NO3/c1-2-20-15(18)14-9-17(10-16(14)11-19-12-16)8-13-6-4-3-5-7-13/h3-7,14H,2,8-12H2,1H3/t14-/m1/s1. The van der Waals surface area contributed by atoms with E-state index in [0.717, 1.165) is 19.6 Å². The van der Waals surface area contributed by atoms with Gasteiger partial charge in [-0.25, -0.2) is 0 Å². The number of nitrogens with zero attached hydrogens (tertiary/aromatic N) is 1. The summed E-state index contributed by atoms with van der Waals surface area (Å²) in [5.74, 6) is -0.105. The van der Waals surface area contributed by atoms with Gasteiger partial charge in [0, 0.05) is 25.0 Å². The average molecular weight is 275 g/mol. The zero-order valence-electron chi connectivity index (χ0n) is 11.9. The van der Waals surface area contributed by atoms with E-state index in [0.29, 0.717) is 19.8 Å². The van der Waals surface area contributed by atoms with Gasteiger partial charge < -0.3 is 9.47 Å². The lowest BCUT2D eigenvalue weighted by Gasteiger charge is -2.41. The molecule has 4 heteroatoms. The Morgan fingerprint density at radius 3 is 2.75 bits per heavy atom. The van der Waals surface area contributed by atoms with Crippen LogP contribution >= 0.6 is 0 Å². The molecular weight excluding hydrogens is 254 g/mol. The smallest absolute Gasteiger partial charge is 0.311 e. The molecule has 108 valence electrons. The minimum atomic E-state index is -0.0636. The molecule has 0 aromatic heterocycles. The molecular formula is C16H21NO3. The molecule has 4 nitrogen and oxygen atoms in total. The maximum absolute atomic E-state index is 12.1. The van der Waals surface area contributed by atoms with Gasteiger partial charge in [0.05, 0.1) is 25.7 Å². The molecule has 0 saturated carbocycles. The number of hydrogen-bond acceptors (Lipinski definition) is 4. The van der Waals surface area contributed by atoms with Gasteiger partial charge in [0.1, 0.15) is 0 Å². The molecule has 0 N–H and O–H groups in total. The highest BCUT2D eigenvalue weighted by molar-refractivity contribution is 5.74. The van der Waals surface area contributed by atoms with Crippen LogP contribution in [-0.4, -0.2) is 43.8 Å². The van der Waals surface area contributed by atoms with E-state index in [1.54, 1.807) is 0 Å². The van der Waals surface area contributed by atoms with Crippen LogP contribution in [0.4, 0.5) is 0 Å². The van der Waals surface area contributed by atoms with Crippen molar-refractivity contribution in [3.63, 3.8) is 0 Å². The topological polar surface area (TPSA) is 38.8 Å². The highest BCUT2D eigenvalue weighted by Crippen LogP contribution is 2.43. The molecule has 20 heavy (non-hydrogen) atoms. The quantitative estimate of drug-likeness (QED) is 0.784. The molecule has 1 aromatic carbocycles. The minimum absolute atomic E-state index is 0.0129. The van der Waals surface area contributed by atoms with E-state index < -0.39 is 0 Å². The second-order valence-electron chi connectivity index (χ2n) is 5.82. The first-order valence-corrected chi connectivity index (χ1v) is 7.24. The van der Waals surface area contributed by atoms with Crippen molar-refractivity contribution in [1.82, 2.24) is 4.90 Å². The summed E-state index contributed by atoms with van der Waals surface area (Å²) in [6.45, 7) is 6.26. The second kappa shape index (κ2) is 5.54. The summed E-state index contributed by atoms with van der Waals surface area (Å²) in [5, 5.41) is 0. The maximum atomic E-state index is 12.1. The van der Waals surface area contributed by atoms with E-state index in [-0.39, 0.29) is 17.3 Å². The fourth-order valence-corrected chi connectivity index (χ4v) is 3.26. The fourth-order valence-electron chi connectivity index (χ4n) is 3.26. The van der Waals surface area contributed by atoms with Gasteiger partial charge in [0.15, 0.2) is 0 Å². The maximum Gasteiger partial charge on any atom is 0.311 e. The number of carbonyl (C=O) groups excluding carboxylic acids is 1. The minimum Gasteiger partial charge on any atom is -0.466 e. The number of likely N-dealkylation sites (tertiary alicyclic amines) is 1. The molecule has 2 heterocycles. The Labute approximate surface area is 119 Å². The Balaban J connectivity index is 1.69. The molecule has 0 amide bonds. The Bertz CT molecular complexity index is 470. The number of esters is 1. The summed E-state index contributed by atoms with van der Waals surface area (Å²) < 4.78 is 10.6. The number of carbonyl (C=O) groups is 1. The Hall–Kier alpha value is -1.39. The van der Waals surface area contributed by atoms with Crippen LogP contribution in [0.1, 0.15) is 12.5 Å². The van der Waals surface area contributed by atoms with Crippen molar-refractivity contribution < 1.29 is 14.3 Å². The molecule has 3 rings (SSSR count). The van der Waals surface area contributed by atoms with Crippen molar-refractivity contribution in [3.05, 3.63) is 35.9 Å². The van der Waals surface area contributed by atoms with E-state index in [4.69, 9.17) is 9.47 Å². The van der Waals surface area contributed by atoms with E-state index >= 15 is 0 Å². The molecule has 1 spiro atoms. The first kappa shape index (κ1) is 13.6. The molecule has 2 saturated heterocycles. The molecule has 1 atom stereocenters. The predicted molar refractivity (Wildman–Crippen MR) is 75.1 cm³/mol. The molecule has 0 unspecified atom stereocenters. The van der Waals surface area contributed by atoms with Crippen molar-refractivity contribution in [1.29, 1.82) is 0 Å². The van der Waals surface area contributed by atoms with Crippen LogP contribution in [0.25, 0.3) is 0 Å². The lowest BCUT2D eigenvalue weighted by atomic mass is 9.76. The highest BCUT2D eigenvalue weighted by atomic mass is 16.5. The van der Waals surface area contributed by atoms with Crippen molar-refractivity contribution >= 4 is 5.97 Å². The predicted octanol–water partition coefficient (Wildman–Crippen LogP) is 1.70. The van der Waals surface area contributed by atoms with Crippen LogP contribution in [0.5, 0.6) is 0 Å². The molecule has 0 bridgehead atoms. The normalized spacial score (nSPS) is 24.6. The third-order valence-electron chi connectivity index (χ3n) is 4.32. The van der Waals surface area contributed by atoms with Gasteiger partial charge >= 0.3 is 5.97 Å². The third kappa shape index (κ3) is 2.45. The number of benzene rings is 1. The van der Waals surface area contributed by atoms with E-state index in [9.17, 15) is 4.79 Å². The summed E-state index contributed by atoms with van der Waals surface area (Å²) in [7, 11) is 0. The summed E-state index contributed by atoms with van der Waals surface area (Å²) in [5.41, 5.74) is 1.27. The summed E-state index contributed by atoms with van der Waals surface area (Å²) in [6, 6.07) is 10.4. The SMILES string of the molecule is CCOC(=O)[C@H]1CN(Cc2ccccc2)CC12COC2. The largest absolute Gasteiger partial charge is 0.466 e.